The van der Waals surface area contributed by atoms with Gasteiger partial charge in [0.05, 0.1) is 6.54 Å². The number of rotatable bonds is 8. The van der Waals surface area contributed by atoms with E-state index in [9.17, 15) is 4.79 Å². The van der Waals surface area contributed by atoms with Gasteiger partial charge in [0.2, 0.25) is 5.89 Å². The van der Waals surface area contributed by atoms with Gasteiger partial charge in [0.25, 0.3) is 5.91 Å². The highest BCUT2D eigenvalue weighted by Crippen LogP contribution is 2.27. The predicted octanol–water partition coefficient (Wildman–Crippen LogP) is 2.65. The Bertz CT molecular complexity index is 790. The molecular formula is C22H28N4O2. The molecule has 0 spiro atoms. The number of amides is 1. The van der Waals surface area contributed by atoms with Crippen molar-refractivity contribution in [2.24, 2.45) is 5.92 Å². The van der Waals surface area contributed by atoms with E-state index in [0.29, 0.717) is 24.0 Å². The Labute approximate surface area is 166 Å². The monoisotopic (exact) mass is 380 g/mol. The van der Waals surface area contributed by atoms with Crippen LogP contribution in [0.5, 0.6) is 0 Å². The van der Waals surface area contributed by atoms with Crippen LogP contribution in [0.1, 0.15) is 34.8 Å². The van der Waals surface area contributed by atoms with Crippen molar-refractivity contribution in [1.29, 1.82) is 0 Å². The molecule has 28 heavy (non-hydrogen) atoms. The largest absolute Gasteiger partial charge is 0.447 e. The third-order valence-corrected chi connectivity index (χ3v) is 5.33. The molecule has 1 N–H and O–H groups in total. The molecule has 0 bridgehead atoms. The summed E-state index contributed by atoms with van der Waals surface area (Å²) in [7, 11) is 0. The zero-order valence-electron chi connectivity index (χ0n) is 16.2. The fourth-order valence-corrected chi connectivity index (χ4v) is 3.36. The topological polar surface area (TPSA) is 61.6 Å². The summed E-state index contributed by atoms with van der Waals surface area (Å²) in [4.78, 5) is 21.2. The number of carbonyl (C=O) groups is 1. The third kappa shape index (κ3) is 5.53. The normalized spacial score (nSPS) is 18.6. The summed E-state index contributed by atoms with van der Waals surface area (Å²) in [5.74, 6) is 1.15. The van der Waals surface area contributed by atoms with Crippen LogP contribution in [0, 0.1) is 5.92 Å². The van der Waals surface area contributed by atoms with Crippen molar-refractivity contribution in [3.63, 3.8) is 0 Å². The second-order valence-electron chi connectivity index (χ2n) is 7.67. The van der Waals surface area contributed by atoms with Gasteiger partial charge in [0.15, 0.2) is 5.69 Å². The molecule has 2 fully saturated rings. The SMILES string of the molecule is O=C(NCC1CC1)c1coc(CN2CCN(CC=Cc3ccccc3)CC2)n1. The van der Waals surface area contributed by atoms with E-state index in [0.717, 1.165) is 39.3 Å². The summed E-state index contributed by atoms with van der Waals surface area (Å²) in [6, 6.07) is 10.4. The first-order chi connectivity index (χ1) is 13.8. The highest BCUT2D eigenvalue weighted by Gasteiger charge is 2.23. The van der Waals surface area contributed by atoms with Crippen LogP contribution >= 0.6 is 0 Å². The van der Waals surface area contributed by atoms with E-state index in [1.54, 1.807) is 0 Å². The molecule has 0 unspecified atom stereocenters. The second-order valence-corrected chi connectivity index (χ2v) is 7.67. The van der Waals surface area contributed by atoms with Crippen molar-refractivity contribution >= 4 is 12.0 Å². The lowest BCUT2D eigenvalue weighted by molar-refractivity contribution is 0.0946. The maximum Gasteiger partial charge on any atom is 0.273 e. The van der Waals surface area contributed by atoms with E-state index < -0.39 is 0 Å². The number of hydrogen-bond acceptors (Lipinski definition) is 5. The maximum atomic E-state index is 12.1. The summed E-state index contributed by atoms with van der Waals surface area (Å²) in [5, 5.41) is 2.93. The smallest absolute Gasteiger partial charge is 0.273 e. The Hall–Kier alpha value is -2.44. The van der Waals surface area contributed by atoms with Crippen LogP contribution in [0.3, 0.4) is 0 Å². The maximum absolute atomic E-state index is 12.1. The van der Waals surface area contributed by atoms with Crippen molar-refractivity contribution < 1.29 is 9.21 Å². The van der Waals surface area contributed by atoms with E-state index in [2.05, 4.69) is 56.5 Å². The quantitative estimate of drug-likeness (QED) is 0.763. The van der Waals surface area contributed by atoms with Crippen molar-refractivity contribution in [1.82, 2.24) is 20.1 Å². The minimum atomic E-state index is -0.128. The van der Waals surface area contributed by atoms with Gasteiger partial charge in [-0.3, -0.25) is 14.6 Å². The third-order valence-electron chi connectivity index (χ3n) is 5.33. The number of nitrogens with one attached hydrogen (secondary N) is 1. The van der Waals surface area contributed by atoms with Crippen molar-refractivity contribution in [3.8, 4) is 0 Å². The first-order valence-corrected chi connectivity index (χ1v) is 10.1. The highest BCUT2D eigenvalue weighted by atomic mass is 16.3. The first-order valence-electron chi connectivity index (χ1n) is 10.1. The second kappa shape index (κ2) is 9.17. The molecule has 0 atom stereocenters. The van der Waals surface area contributed by atoms with Crippen molar-refractivity contribution in [2.75, 3.05) is 39.3 Å². The molecule has 1 saturated heterocycles. The summed E-state index contributed by atoms with van der Waals surface area (Å²) in [6.07, 6.45) is 8.32. The van der Waals surface area contributed by atoms with E-state index in [1.165, 1.54) is 24.7 Å². The summed E-state index contributed by atoms with van der Waals surface area (Å²) in [6.45, 7) is 6.37. The van der Waals surface area contributed by atoms with E-state index in [4.69, 9.17) is 4.42 Å². The Balaban J connectivity index is 1.18. The molecule has 1 aromatic heterocycles. The van der Waals surface area contributed by atoms with E-state index in [-0.39, 0.29) is 5.91 Å². The molecule has 6 nitrogen and oxygen atoms in total. The van der Waals surface area contributed by atoms with Gasteiger partial charge in [0, 0.05) is 39.3 Å². The van der Waals surface area contributed by atoms with Gasteiger partial charge in [-0.05, 0) is 24.3 Å². The molecule has 1 aromatic carbocycles. The van der Waals surface area contributed by atoms with E-state index >= 15 is 0 Å². The first kappa shape index (κ1) is 18.9. The number of hydrogen-bond donors (Lipinski definition) is 1. The average molecular weight is 380 g/mol. The molecule has 148 valence electrons. The average Bonchev–Trinajstić information content (AvgIpc) is 3.45. The van der Waals surface area contributed by atoms with Gasteiger partial charge in [-0.15, -0.1) is 0 Å². The number of aromatic nitrogens is 1. The van der Waals surface area contributed by atoms with Crippen molar-refractivity contribution in [3.05, 3.63) is 59.8 Å². The summed E-state index contributed by atoms with van der Waals surface area (Å²) < 4.78 is 5.51. The van der Waals surface area contributed by atoms with Gasteiger partial charge in [-0.25, -0.2) is 4.98 Å². The van der Waals surface area contributed by atoms with Gasteiger partial charge in [-0.1, -0.05) is 42.5 Å². The van der Waals surface area contributed by atoms with Crippen LogP contribution in [-0.2, 0) is 6.54 Å². The zero-order valence-corrected chi connectivity index (χ0v) is 16.2. The molecule has 0 radical (unpaired) electrons. The van der Waals surface area contributed by atoms with Gasteiger partial charge >= 0.3 is 0 Å². The Morgan fingerprint density at radius 1 is 1.14 bits per heavy atom. The van der Waals surface area contributed by atoms with Crippen LogP contribution in [0.2, 0.25) is 0 Å². The minimum Gasteiger partial charge on any atom is -0.447 e. The fraction of sp³-hybridized carbons (Fsp3) is 0.455. The molecule has 1 amide bonds. The number of piperazine rings is 1. The molecule has 2 aromatic rings. The highest BCUT2D eigenvalue weighted by molar-refractivity contribution is 5.91. The number of nitrogens with zero attached hydrogens (tertiary/aromatic N) is 3. The predicted molar refractivity (Wildman–Crippen MR) is 109 cm³/mol. The standard InChI is InChI=1S/C22H28N4O2/c27-22(23-15-19-8-9-19)20-17-28-21(24-20)16-26-13-11-25(12-14-26)10-4-7-18-5-2-1-3-6-18/h1-7,17,19H,8-16H2,(H,23,27). The Morgan fingerprint density at radius 3 is 2.64 bits per heavy atom. The molecular weight excluding hydrogens is 352 g/mol. The summed E-state index contributed by atoms with van der Waals surface area (Å²) in [5.41, 5.74) is 1.63. The van der Waals surface area contributed by atoms with Crippen LogP contribution in [0.15, 0.2) is 47.1 Å². The Kier molecular flexibility index (Phi) is 6.19. The molecule has 6 heteroatoms. The van der Waals surface area contributed by atoms with Crippen LogP contribution in [0.4, 0.5) is 0 Å². The molecule has 2 aliphatic rings. The lowest BCUT2D eigenvalue weighted by Gasteiger charge is -2.33. The molecule has 1 saturated carbocycles. The Morgan fingerprint density at radius 2 is 1.89 bits per heavy atom. The molecule has 4 rings (SSSR count). The minimum absolute atomic E-state index is 0.128. The number of oxazole rings is 1. The summed E-state index contributed by atoms with van der Waals surface area (Å²) >= 11 is 0. The molecule has 1 aliphatic heterocycles. The fourth-order valence-electron chi connectivity index (χ4n) is 3.36. The van der Waals surface area contributed by atoms with Crippen LogP contribution < -0.4 is 5.32 Å². The number of benzene rings is 1. The van der Waals surface area contributed by atoms with Crippen molar-refractivity contribution in [2.45, 2.75) is 19.4 Å². The molecule has 2 heterocycles. The molecule has 1 aliphatic carbocycles. The number of carbonyl (C=O) groups excluding carboxylic acids is 1. The van der Waals surface area contributed by atoms with Gasteiger partial charge in [0.1, 0.15) is 6.26 Å². The lowest BCUT2D eigenvalue weighted by atomic mass is 10.2. The zero-order chi connectivity index (χ0) is 19.2. The van der Waals surface area contributed by atoms with Crippen LogP contribution in [0.25, 0.3) is 6.08 Å². The van der Waals surface area contributed by atoms with E-state index in [1.807, 2.05) is 6.07 Å². The lowest BCUT2D eigenvalue weighted by Crippen LogP contribution is -2.45. The van der Waals surface area contributed by atoms with Gasteiger partial charge < -0.3 is 9.73 Å². The van der Waals surface area contributed by atoms with Crippen LogP contribution in [-0.4, -0.2) is 60.0 Å². The van der Waals surface area contributed by atoms with Gasteiger partial charge in [-0.2, -0.15) is 0 Å².